The van der Waals surface area contributed by atoms with E-state index in [1.54, 1.807) is 6.07 Å². The summed E-state index contributed by atoms with van der Waals surface area (Å²) < 4.78 is 5.16. The SMILES string of the molecule is Oc1ccc(-c2nc(CCc3ccccc3)no2)c(O)c1. The number of aromatic nitrogens is 2. The molecule has 5 nitrogen and oxygen atoms in total. The van der Waals surface area contributed by atoms with E-state index in [-0.39, 0.29) is 17.4 Å². The average Bonchev–Trinajstić information content (AvgIpc) is 2.95. The van der Waals surface area contributed by atoms with Crippen molar-refractivity contribution in [1.82, 2.24) is 10.1 Å². The zero-order valence-corrected chi connectivity index (χ0v) is 11.2. The van der Waals surface area contributed by atoms with E-state index < -0.39 is 0 Å². The third-order valence-electron chi connectivity index (χ3n) is 3.16. The molecule has 3 rings (SSSR count). The molecule has 0 atom stereocenters. The highest BCUT2D eigenvalue weighted by atomic mass is 16.5. The van der Waals surface area contributed by atoms with Gasteiger partial charge in [-0.05, 0) is 24.1 Å². The summed E-state index contributed by atoms with van der Waals surface area (Å²) in [5.74, 6) is 0.727. The van der Waals surface area contributed by atoms with Crippen LogP contribution in [-0.2, 0) is 12.8 Å². The molecule has 0 saturated carbocycles. The Bertz CT molecular complexity index is 738. The molecule has 1 aromatic heterocycles. The fraction of sp³-hybridized carbons (Fsp3) is 0.125. The predicted molar refractivity (Wildman–Crippen MR) is 76.9 cm³/mol. The van der Waals surface area contributed by atoms with Crippen LogP contribution in [0.25, 0.3) is 11.5 Å². The van der Waals surface area contributed by atoms with Gasteiger partial charge in [-0.25, -0.2) is 0 Å². The van der Waals surface area contributed by atoms with Crippen LogP contribution >= 0.6 is 0 Å². The number of nitrogens with zero attached hydrogens (tertiary/aromatic N) is 2. The first kappa shape index (κ1) is 13.2. The molecule has 0 saturated heterocycles. The molecule has 2 aromatic carbocycles. The topological polar surface area (TPSA) is 79.4 Å². The summed E-state index contributed by atoms with van der Waals surface area (Å²) in [7, 11) is 0. The molecule has 0 fully saturated rings. The van der Waals surface area contributed by atoms with Gasteiger partial charge in [-0.1, -0.05) is 35.5 Å². The quantitative estimate of drug-likeness (QED) is 0.769. The lowest BCUT2D eigenvalue weighted by Crippen LogP contribution is -1.93. The molecule has 0 aliphatic heterocycles. The Labute approximate surface area is 121 Å². The summed E-state index contributed by atoms with van der Waals surface area (Å²) in [6, 6.07) is 14.3. The molecule has 0 aliphatic carbocycles. The summed E-state index contributed by atoms with van der Waals surface area (Å²) in [6.45, 7) is 0. The van der Waals surface area contributed by atoms with Crippen molar-refractivity contribution in [1.29, 1.82) is 0 Å². The maximum Gasteiger partial charge on any atom is 0.261 e. The minimum absolute atomic E-state index is 0.0138. The Hall–Kier alpha value is -2.82. The maximum absolute atomic E-state index is 9.77. The molecule has 0 bridgehead atoms. The third kappa shape index (κ3) is 3.02. The van der Waals surface area contributed by atoms with E-state index in [9.17, 15) is 10.2 Å². The smallest absolute Gasteiger partial charge is 0.261 e. The highest BCUT2D eigenvalue weighted by Gasteiger charge is 2.13. The van der Waals surface area contributed by atoms with Crippen LogP contribution in [0.2, 0.25) is 0 Å². The first-order valence-electron chi connectivity index (χ1n) is 6.61. The zero-order chi connectivity index (χ0) is 14.7. The number of hydrogen-bond acceptors (Lipinski definition) is 5. The largest absolute Gasteiger partial charge is 0.508 e. The van der Waals surface area contributed by atoms with Gasteiger partial charge in [0, 0.05) is 12.5 Å². The van der Waals surface area contributed by atoms with E-state index in [0.717, 1.165) is 6.42 Å². The molecule has 3 aromatic rings. The molecular weight excluding hydrogens is 268 g/mol. The lowest BCUT2D eigenvalue weighted by molar-refractivity contribution is 0.415. The van der Waals surface area contributed by atoms with Gasteiger partial charge in [0.2, 0.25) is 0 Å². The van der Waals surface area contributed by atoms with Crippen molar-refractivity contribution in [3.63, 3.8) is 0 Å². The van der Waals surface area contributed by atoms with Crippen LogP contribution in [0.5, 0.6) is 11.5 Å². The van der Waals surface area contributed by atoms with Gasteiger partial charge in [-0.2, -0.15) is 4.98 Å². The van der Waals surface area contributed by atoms with E-state index in [2.05, 4.69) is 10.1 Å². The van der Waals surface area contributed by atoms with Gasteiger partial charge >= 0.3 is 0 Å². The fourth-order valence-corrected chi connectivity index (χ4v) is 2.07. The fourth-order valence-electron chi connectivity index (χ4n) is 2.07. The summed E-state index contributed by atoms with van der Waals surface area (Å²) in [6.07, 6.45) is 1.48. The van der Waals surface area contributed by atoms with E-state index >= 15 is 0 Å². The van der Waals surface area contributed by atoms with Crippen LogP contribution in [0, 0.1) is 0 Å². The first-order chi connectivity index (χ1) is 10.2. The van der Waals surface area contributed by atoms with Crippen LogP contribution in [0.3, 0.4) is 0 Å². The number of phenols is 2. The second-order valence-electron chi connectivity index (χ2n) is 4.70. The number of phenolic OH excluding ortho intramolecular Hbond substituents is 2. The molecule has 0 amide bonds. The Balaban J connectivity index is 1.74. The van der Waals surface area contributed by atoms with Crippen molar-refractivity contribution in [2.75, 3.05) is 0 Å². The van der Waals surface area contributed by atoms with Crippen LogP contribution < -0.4 is 0 Å². The van der Waals surface area contributed by atoms with E-state index in [1.807, 2.05) is 30.3 Å². The minimum Gasteiger partial charge on any atom is -0.508 e. The van der Waals surface area contributed by atoms with Crippen molar-refractivity contribution in [2.45, 2.75) is 12.8 Å². The second kappa shape index (κ2) is 5.66. The summed E-state index contributed by atoms with van der Waals surface area (Å²) >= 11 is 0. The lowest BCUT2D eigenvalue weighted by atomic mass is 10.1. The number of hydrogen-bond donors (Lipinski definition) is 2. The van der Waals surface area contributed by atoms with Gasteiger partial charge in [0.25, 0.3) is 5.89 Å². The van der Waals surface area contributed by atoms with Crippen LogP contribution in [0.4, 0.5) is 0 Å². The van der Waals surface area contributed by atoms with Gasteiger partial charge in [0.1, 0.15) is 11.5 Å². The van der Waals surface area contributed by atoms with Crippen LogP contribution in [0.1, 0.15) is 11.4 Å². The molecule has 1 heterocycles. The van der Waals surface area contributed by atoms with Crippen molar-refractivity contribution in [2.24, 2.45) is 0 Å². The standard InChI is InChI=1S/C16H14N2O3/c19-12-7-8-13(14(20)10-12)16-17-15(18-21-16)9-6-11-4-2-1-3-5-11/h1-5,7-8,10,19-20H,6,9H2. The van der Waals surface area contributed by atoms with Gasteiger partial charge < -0.3 is 14.7 Å². The van der Waals surface area contributed by atoms with Crippen LogP contribution in [0.15, 0.2) is 53.1 Å². The number of rotatable bonds is 4. The molecular formula is C16H14N2O3. The first-order valence-corrected chi connectivity index (χ1v) is 6.61. The molecule has 0 spiro atoms. The normalized spacial score (nSPS) is 10.7. The minimum atomic E-state index is -0.0896. The Morgan fingerprint density at radius 3 is 2.52 bits per heavy atom. The Morgan fingerprint density at radius 2 is 1.76 bits per heavy atom. The number of benzene rings is 2. The molecule has 21 heavy (non-hydrogen) atoms. The van der Waals surface area contributed by atoms with E-state index in [4.69, 9.17) is 4.52 Å². The summed E-state index contributed by atoms with van der Waals surface area (Å²) in [5, 5.41) is 23.0. The number of aryl methyl sites for hydroxylation is 2. The van der Waals surface area contributed by atoms with Gasteiger partial charge in [-0.3, -0.25) is 0 Å². The lowest BCUT2D eigenvalue weighted by Gasteiger charge is -1.99. The number of aromatic hydroxyl groups is 2. The zero-order valence-electron chi connectivity index (χ0n) is 11.2. The van der Waals surface area contributed by atoms with Crippen molar-refractivity contribution < 1.29 is 14.7 Å². The Morgan fingerprint density at radius 1 is 0.952 bits per heavy atom. The van der Waals surface area contributed by atoms with Crippen molar-refractivity contribution >= 4 is 0 Å². The average molecular weight is 282 g/mol. The second-order valence-corrected chi connectivity index (χ2v) is 4.70. The summed E-state index contributed by atoms with van der Waals surface area (Å²) in [5.41, 5.74) is 1.61. The van der Waals surface area contributed by atoms with Gasteiger partial charge in [-0.15, -0.1) is 0 Å². The van der Waals surface area contributed by atoms with Crippen LogP contribution in [-0.4, -0.2) is 20.4 Å². The highest BCUT2D eigenvalue weighted by molar-refractivity contribution is 5.63. The van der Waals surface area contributed by atoms with E-state index in [1.165, 1.54) is 17.7 Å². The molecule has 2 N–H and O–H groups in total. The summed E-state index contributed by atoms with van der Waals surface area (Å²) in [4.78, 5) is 4.27. The van der Waals surface area contributed by atoms with E-state index in [0.29, 0.717) is 17.8 Å². The molecule has 0 radical (unpaired) electrons. The molecule has 0 aliphatic rings. The third-order valence-corrected chi connectivity index (χ3v) is 3.16. The predicted octanol–water partition coefficient (Wildman–Crippen LogP) is 2.93. The highest BCUT2D eigenvalue weighted by Crippen LogP contribution is 2.30. The molecule has 5 heteroatoms. The molecule has 0 unspecified atom stereocenters. The van der Waals surface area contributed by atoms with Gasteiger partial charge in [0.05, 0.1) is 5.56 Å². The van der Waals surface area contributed by atoms with Crippen molar-refractivity contribution in [3.8, 4) is 23.0 Å². The maximum atomic E-state index is 9.77. The van der Waals surface area contributed by atoms with Gasteiger partial charge in [0.15, 0.2) is 5.82 Å². The van der Waals surface area contributed by atoms with Crippen molar-refractivity contribution in [3.05, 3.63) is 59.9 Å². The monoisotopic (exact) mass is 282 g/mol. The Kier molecular flexibility index (Phi) is 3.55. The molecule has 106 valence electrons.